The first kappa shape index (κ1) is 20.6. The van der Waals surface area contributed by atoms with Crippen LogP contribution in [0.5, 0.6) is 0 Å². The molecule has 0 saturated heterocycles. The number of esters is 1. The minimum Gasteiger partial charge on any atom is -0.455 e. The molecule has 0 saturated carbocycles. The maximum absolute atomic E-state index is 12.1. The summed E-state index contributed by atoms with van der Waals surface area (Å²) in [7, 11) is -4.04. The molecule has 0 aromatic heterocycles. The van der Waals surface area contributed by atoms with Crippen LogP contribution in [0.4, 0.5) is 0 Å². The molecule has 136 valence electrons. The van der Waals surface area contributed by atoms with Gasteiger partial charge in [-0.05, 0) is 32.4 Å². The van der Waals surface area contributed by atoms with E-state index in [2.05, 4.69) is 5.32 Å². The second kappa shape index (κ2) is 8.60. The highest BCUT2D eigenvalue weighted by atomic mass is 32.2. The van der Waals surface area contributed by atoms with Crippen LogP contribution in [0.25, 0.3) is 0 Å². The number of rotatable bonds is 8. The van der Waals surface area contributed by atoms with Gasteiger partial charge >= 0.3 is 5.97 Å². The smallest absolute Gasteiger partial charge is 0.321 e. The molecule has 0 aliphatic carbocycles. The van der Waals surface area contributed by atoms with Crippen molar-refractivity contribution in [1.82, 2.24) is 10.0 Å². The fourth-order valence-corrected chi connectivity index (χ4v) is 2.85. The van der Waals surface area contributed by atoms with Crippen molar-refractivity contribution in [2.24, 2.45) is 0 Å². The molecule has 1 aromatic rings. The Labute approximate surface area is 147 Å². The summed E-state index contributed by atoms with van der Waals surface area (Å²) in [6, 6.07) is 7.37. The SMILES string of the molecule is CCC(C)(C)NC(=O)COC(=O)CNS(=O)(=O)c1ccccc1C#N. The second-order valence-electron chi connectivity index (χ2n) is 5.88. The van der Waals surface area contributed by atoms with E-state index in [4.69, 9.17) is 10.00 Å². The van der Waals surface area contributed by atoms with E-state index in [9.17, 15) is 18.0 Å². The number of ether oxygens (including phenoxy) is 1. The molecule has 25 heavy (non-hydrogen) atoms. The van der Waals surface area contributed by atoms with Gasteiger partial charge < -0.3 is 10.1 Å². The largest absolute Gasteiger partial charge is 0.455 e. The van der Waals surface area contributed by atoms with Gasteiger partial charge in [0, 0.05) is 5.54 Å². The molecular weight excluding hydrogens is 346 g/mol. The third-order valence-electron chi connectivity index (χ3n) is 3.43. The molecule has 0 unspecified atom stereocenters. The van der Waals surface area contributed by atoms with E-state index < -0.39 is 40.6 Å². The van der Waals surface area contributed by atoms with Gasteiger partial charge in [0.25, 0.3) is 5.91 Å². The summed E-state index contributed by atoms with van der Waals surface area (Å²) >= 11 is 0. The van der Waals surface area contributed by atoms with Crippen molar-refractivity contribution in [3.63, 3.8) is 0 Å². The van der Waals surface area contributed by atoms with Gasteiger partial charge in [0.15, 0.2) is 6.61 Å². The summed E-state index contributed by atoms with van der Waals surface area (Å²) in [5.41, 5.74) is -0.462. The van der Waals surface area contributed by atoms with Crippen molar-refractivity contribution < 1.29 is 22.7 Å². The van der Waals surface area contributed by atoms with Gasteiger partial charge in [0.05, 0.1) is 10.5 Å². The van der Waals surface area contributed by atoms with Crippen LogP contribution in [0.15, 0.2) is 29.2 Å². The molecule has 9 heteroatoms. The lowest BCUT2D eigenvalue weighted by atomic mass is 10.0. The zero-order valence-electron chi connectivity index (χ0n) is 14.3. The van der Waals surface area contributed by atoms with Gasteiger partial charge in [-0.15, -0.1) is 0 Å². The number of nitriles is 1. The fourth-order valence-electron chi connectivity index (χ4n) is 1.72. The van der Waals surface area contributed by atoms with E-state index >= 15 is 0 Å². The standard InChI is InChI=1S/C16H21N3O5S/c1-4-16(2,3)19-14(20)11-24-15(21)10-18-25(22,23)13-8-6-5-7-12(13)9-17/h5-8,18H,4,10-11H2,1-3H3,(H,19,20). The molecule has 0 heterocycles. The second-order valence-corrected chi connectivity index (χ2v) is 7.61. The van der Waals surface area contributed by atoms with Crippen LogP contribution in [0.3, 0.4) is 0 Å². The predicted molar refractivity (Wildman–Crippen MR) is 89.8 cm³/mol. The minimum absolute atomic E-state index is 0.0375. The summed E-state index contributed by atoms with van der Waals surface area (Å²) in [6.45, 7) is 4.41. The van der Waals surface area contributed by atoms with Crippen LogP contribution in [0.1, 0.15) is 32.8 Å². The van der Waals surface area contributed by atoms with E-state index in [1.807, 2.05) is 25.5 Å². The van der Waals surface area contributed by atoms with Crippen molar-refractivity contribution in [3.05, 3.63) is 29.8 Å². The van der Waals surface area contributed by atoms with E-state index in [1.54, 1.807) is 6.07 Å². The first-order valence-corrected chi connectivity index (χ1v) is 9.05. The number of nitrogens with one attached hydrogen (secondary N) is 2. The van der Waals surface area contributed by atoms with Gasteiger partial charge in [-0.1, -0.05) is 19.1 Å². The quantitative estimate of drug-likeness (QED) is 0.651. The fraction of sp³-hybridized carbons (Fsp3) is 0.438. The third kappa shape index (κ3) is 6.52. The van der Waals surface area contributed by atoms with Gasteiger partial charge in [0.1, 0.15) is 12.6 Å². The van der Waals surface area contributed by atoms with Crippen LogP contribution in [0, 0.1) is 11.3 Å². The van der Waals surface area contributed by atoms with E-state index in [1.165, 1.54) is 24.3 Å². The Hall–Kier alpha value is -2.44. The van der Waals surface area contributed by atoms with E-state index in [0.717, 1.165) is 0 Å². The minimum atomic E-state index is -4.04. The predicted octanol–water partition coefficient (Wildman–Crippen LogP) is 0.685. The number of sulfonamides is 1. The van der Waals surface area contributed by atoms with Gasteiger partial charge in [-0.2, -0.15) is 9.98 Å². The normalized spacial score (nSPS) is 11.4. The molecule has 0 aliphatic rings. The van der Waals surface area contributed by atoms with Crippen LogP contribution in [0.2, 0.25) is 0 Å². The summed E-state index contributed by atoms with van der Waals surface area (Å²) in [5, 5.41) is 11.6. The van der Waals surface area contributed by atoms with Crippen molar-refractivity contribution in [1.29, 1.82) is 5.26 Å². The average Bonchev–Trinajstić information content (AvgIpc) is 2.57. The molecule has 2 N–H and O–H groups in total. The summed E-state index contributed by atoms with van der Waals surface area (Å²) in [4.78, 5) is 23.1. The molecule has 0 atom stereocenters. The maximum atomic E-state index is 12.1. The van der Waals surface area contributed by atoms with Crippen LogP contribution >= 0.6 is 0 Å². The highest BCUT2D eigenvalue weighted by molar-refractivity contribution is 7.89. The van der Waals surface area contributed by atoms with Crippen molar-refractivity contribution in [2.75, 3.05) is 13.2 Å². The Kier molecular flexibility index (Phi) is 7.09. The molecule has 1 aromatic carbocycles. The third-order valence-corrected chi connectivity index (χ3v) is 4.89. The van der Waals surface area contributed by atoms with Gasteiger partial charge in [0.2, 0.25) is 10.0 Å². The Morgan fingerprint density at radius 1 is 1.28 bits per heavy atom. The number of benzene rings is 1. The van der Waals surface area contributed by atoms with Gasteiger partial charge in [-0.25, -0.2) is 8.42 Å². The van der Waals surface area contributed by atoms with Crippen molar-refractivity contribution >= 4 is 21.9 Å². The number of carbonyl (C=O) groups excluding carboxylic acids is 2. The summed E-state index contributed by atoms with van der Waals surface area (Å²) < 4.78 is 31.1. The molecule has 0 fully saturated rings. The first-order chi connectivity index (χ1) is 11.6. The Morgan fingerprint density at radius 3 is 2.52 bits per heavy atom. The zero-order valence-corrected chi connectivity index (χ0v) is 15.1. The number of hydrogen-bond donors (Lipinski definition) is 2. The number of amides is 1. The average molecular weight is 367 g/mol. The monoisotopic (exact) mass is 367 g/mol. The number of hydrogen-bond acceptors (Lipinski definition) is 6. The summed E-state index contributed by atoms with van der Waals surface area (Å²) in [6.07, 6.45) is 0.699. The molecule has 0 bridgehead atoms. The Bertz CT molecular complexity index is 781. The molecule has 0 radical (unpaired) electrons. The highest BCUT2D eigenvalue weighted by Crippen LogP contribution is 2.13. The summed E-state index contributed by atoms with van der Waals surface area (Å²) in [5.74, 6) is -1.37. The van der Waals surface area contributed by atoms with Crippen LogP contribution < -0.4 is 10.0 Å². The molecule has 8 nitrogen and oxygen atoms in total. The zero-order chi connectivity index (χ0) is 19.1. The van der Waals surface area contributed by atoms with Crippen molar-refractivity contribution in [3.8, 4) is 6.07 Å². The first-order valence-electron chi connectivity index (χ1n) is 7.56. The topological polar surface area (TPSA) is 125 Å². The Morgan fingerprint density at radius 2 is 1.92 bits per heavy atom. The van der Waals surface area contributed by atoms with Crippen LogP contribution in [-0.4, -0.2) is 39.0 Å². The lowest BCUT2D eigenvalue weighted by Gasteiger charge is -2.24. The molecule has 0 aliphatic heterocycles. The lowest BCUT2D eigenvalue weighted by molar-refractivity contribution is -0.147. The molecule has 0 spiro atoms. The van der Waals surface area contributed by atoms with Gasteiger partial charge in [-0.3, -0.25) is 9.59 Å². The molecular formula is C16H21N3O5S. The van der Waals surface area contributed by atoms with Crippen LogP contribution in [-0.2, 0) is 24.3 Å². The molecule has 1 amide bonds. The van der Waals surface area contributed by atoms with E-state index in [-0.39, 0.29) is 10.5 Å². The number of nitrogens with zero attached hydrogens (tertiary/aromatic N) is 1. The van der Waals surface area contributed by atoms with E-state index in [0.29, 0.717) is 6.42 Å². The lowest BCUT2D eigenvalue weighted by Crippen LogP contribution is -2.45. The molecule has 1 rings (SSSR count). The number of carbonyl (C=O) groups is 2. The Balaban J connectivity index is 2.56. The van der Waals surface area contributed by atoms with Crippen molar-refractivity contribution in [2.45, 2.75) is 37.6 Å². The highest BCUT2D eigenvalue weighted by Gasteiger charge is 2.21. The maximum Gasteiger partial charge on any atom is 0.321 e.